The highest BCUT2D eigenvalue weighted by Gasteiger charge is 2.07. The van der Waals surface area contributed by atoms with Crippen LogP contribution in [-0.2, 0) is 0 Å². The summed E-state index contributed by atoms with van der Waals surface area (Å²) in [6, 6.07) is 13.0. The lowest BCUT2D eigenvalue weighted by Crippen LogP contribution is -1.96. The second-order valence-electron chi connectivity index (χ2n) is 3.80. The van der Waals surface area contributed by atoms with E-state index in [0.29, 0.717) is 16.4 Å². The number of halogens is 1. The minimum absolute atomic E-state index is 0.552. The minimum atomic E-state index is 0.552. The number of nitrogen functional groups attached to an aromatic ring is 2. The molecule has 0 bridgehead atoms. The maximum atomic E-state index is 6.12. The molecule has 2 nitrogen and oxygen atoms in total. The third kappa shape index (κ3) is 2.27. The first-order valence-corrected chi connectivity index (χ1v) is 5.56. The van der Waals surface area contributed by atoms with Crippen molar-refractivity contribution < 1.29 is 0 Å². The summed E-state index contributed by atoms with van der Waals surface area (Å²) in [7, 11) is 0. The van der Waals surface area contributed by atoms with Crippen LogP contribution < -0.4 is 11.5 Å². The van der Waals surface area contributed by atoms with Crippen LogP contribution >= 0.6 is 11.6 Å². The van der Waals surface area contributed by atoms with Crippen LogP contribution in [0, 0.1) is 0 Å². The van der Waals surface area contributed by atoms with Crippen molar-refractivity contribution in [2.24, 2.45) is 0 Å². The number of hydrogen-bond donors (Lipinski definition) is 2. The lowest BCUT2D eigenvalue weighted by atomic mass is 9.99. The monoisotopic (exact) mass is 244 g/mol. The van der Waals surface area contributed by atoms with Gasteiger partial charge in [-0.2, -0.15) is 0 Å². The number of rotatable bonds is 2. The molecule has 0 aliphatic carbocycles. The first-order chi connectivity index (χ1) is 8.09. The van der Waals surface area contributed by atoms with Crippen LogP contribution in [-0.4, -0.2) is 0 Å². The lowest BCUT2D eigenvalue weighted by molar-refractivity contribution is 1.55. The summed E-state index contributed by atoms with van der Waals surface area (Å²) >= 11 is 6.12. The molecule has 0 aliphatic rings. The van der Waals surface area contributed by atoms with E-state index in [4.69, 9.17) is 23.1 Å². The fourth-order valence-corrected chi connectivity index (χ4v) is 1.87. The molecular formula is C14H13ClN2. The number of nitrogens with two attached hydrogens (primary N) is 2. The van der Waals surface area contributed by atoms with E-state index in [1.54, 1.807) is 12.1 Å². The zero-order chi connectivity index (χ0) is 12.4. The van der Waals surface area contributed by atoms with Crippen LogP contribution in [0.2, 0.25) is 5.02 Å². The molecule has 0 saturated heterocycles. The predicted octanol–water partition coefficient (Wildman–Crippen LogP) is 3.57. The second kappa shape index (κ2) is 4.52. The van der Waals surface area contributed by atoms with E-state index in [1.165, 1.54) is 0 Å². The molecule has 0 saturated carbocycles. The zero-order valence-corrected chi connectivity index (χ0v) is 10.0. The molecule has 3 heteroatoms. The maximum absolute atomic E-state index is 6.12. The van der Waals surface area contributed by atoms with Gasteiger partial charge in [0.05, 0.1) is 11.4 Å². The van der Waals surface area contributed by atoms with E-state index < -0.39 is 0 Å². The smallest absolute Gasteiger partial charge is 0.0554 e. The summed E-state index contributed by atoms with van der Waals surface area (Å²) < 4.78 is 0. The molecule has 0 unspecified atom stereocenters. The van der Waals surface area contributed by atoms with Crippen molar-refractivity contribution in [3.63, 3.8) is 0 Å². The van der Waals surface area contributed by atoms with Crippen molar-refractivity contribution in [2.45, 2.75) is 0 Å². The van der Waals surface area contributed by atoms with Crippen molar-refractivity contribution >= 4 is 28.5 Å². The number of benzene rings is 2. The Bertz CT molecular complexity index is 576. The largest absolute Gasteiger partial charge is 0.397 e. The predicted molar refractivity (Wildman–Crippen MR) is 74.9 cm³/mol. The molecule has 0 radical (unpaired) electrons. The molecule has 0 aliphatic heterocycles. The van der Waals surface area contributed by atoms with Crippen LogP contribution in [0.25, 0.3) is 5.57 Å². The van der Waals surface area contributed by atoms with Gasteiger partial charge in [-0.25, -0.2) is 0 Å². The first kappa shape index (κ1) is 11.6. The molecule has 2 aromatic carbocycles. The van der Waals surface area contributed by atoms with Crippen LogP contribution in [0.5, 0.6) is 0 Å². The Morgan fingerprint density at radius 1 is 1.00 bits per heavy atom. The van der Waals surface area contributed by atoms with Crippen molar-refractivity contribution in [1.82, 2.24) is 0 Å². The summed E-state index contributed by atoms with van der Waals surface area (Å²) in [5.41, 5.74) is 15.2. The Labute approximate surface area is 106 Å². The Kier molecular flexibility index (Phi) is 3.07. The van der Waals surface area contributed by atoms with Gasteiger partial charge >= 0.3 is 0 Å². The van der Waals surface area contributed by atoms with Gasteiger partial charge in [-0.3, -0.25) is 0 Å². The fourth-order valence-electron chi connectivity index (χ4n) is 1.62. The minimum Gasteiger partial charge on any atom is -0.397 e. The average molecular weight is 245 g/mol. The summed E-state index contributed by atoms with van der Waals surface area (Å²) in [4.78, 5) is 0. The summed E-state index contributed by atoms with van der Waals surface area (Å²) in [5, 5.41) is 0.674. The molecule has 0 atom stereocenters. The summed E-state index contributed by atoms with van der Waals surface area (Å²) in [5.74, 6) is 0. The molecule has 2 rings (SSSR count). The highest BCUT2D eigenvalue weighted by Crippen LogP contribution is 2.29. The van der Waals surface area contributed by atoms with Crippen molar-refractivity contribution in [2.75, 3.05) is 11.5 Å². The van der Waals surface area contributed by atoms with E-state index in [-0.39, 0.29) is 0 Å². The van der Waals surface area contributed by atoms with Gasteiger partial charge in [0.2, 0.25) is 0 Å². The molecule has 0 aromatic heterocycles. The van der Waals surface area contributed by atoms with Crippen molar-refractivity contribution in [3.05, 3.63) is 65.2 Å². The topological polar surface area (TPSA) is 52.0 Å². The summed E-state index contributed by atoms with van der Waals surface area (Å²) in [6.07, 6.45) is 0. The average Bonchev–Trinajstić information content (AvgIpc) is 2.32. The molecule has 0 heterocycles. The van der Waals surface area contributed by atoms with E-state index in [1.807, 2.05) is 30.3 Å². The molecule has 86 valence electrons. The van der Waals surface area contributed by atoms with Gasteiger partial charge in [0, 0.05) is 10.6 Å². The normalized spacial score (nSPS) is 10.2. The SMILES string of the molecule is C=C(c1ccc(N)c(N)c1)c1ccccc1Cl. The Hall–Kier alpha value is -1.93. The van der Waals surface area contributed by atoms with Crippen molar-refractivity contribution in [3.8, 4) is 0 Å². The maximum Gasteiger partial charge on any atom is 0.0554 e. The molecule has 0 fully saturated rings. The van der Waals surface area contributed by atoms with Crippen LogP contribution in [0.4, 0.5) is 11.4 Å². The first-order valence-electron chi connectivity index (χ1n) is 5.19. The highest BCUT2D eigenvalue weighted by molar-refractivity contribution is 6.32. The van der Waals surface area contributed by atoms with Gasteiger partial charge in [-0.05, 0) is 29.3 Å². The number of anilines is 2. The Morgan fingerprint density at radius 2 is 1.71 bits per heavy atom. The quantitative estimate of drug-likeness (QED) is 0.794. The van der Waals surface area contributed by atoms with E-state index in [9.17, 15) is 0 Å². The van der Waals surface area contributed by atoms with Crippen LogP contribution in [0.1, 0.15) is 11.1 Å². The van der Waals surface area contributed by atoms with Crippen LogP contribution in [0.3, 0.4) is 0 Å². The zero-order valence-electron chi connectivity index (χ0n) is 9.28. The third-order valence-electron chi connectivity index (χ3n) is 2.63. The molecular weight excluding hydrogens is 232 g/mol. The summed E-state index contributed by atoms with van der Waals surface area (Å²) in [6.45, 7) is 4.05. The van der Waals surface area contributed by atoms with Gasteiger partial charge in [0.15, 0.2) is 0 Å². The third-order valence-corrected chi connectivity index (χ3v) is 2.96. The van der Waals surface area contributed by atoms with E-state index in [0.717, 1.165) is 16.7 Å². The van der Waals surface area contributed by atoms with Gasteiger partial charge < -0.3 is 11.5 Å². The van der Waals surface area contributed by atoms with Gasteiger partial charge in [-0.15, -0.1) is 0 Å². The number of hydrogen-bond acceptors (Lipinski definition) is 2. The second-order valence-corrected chi connectivity index (χ2v) is 4.21. The van der Waals surface area contributed by atoms with E-state index >= 15 is 0 Å². The van der Waals surface area contributed by atoms with Crippen LogP contribution in [0.15, 0.2) is 49.0 Å². The lowest BCUT2D eigenvalue weighted by Gasteiger charge is -2.10. The van der Waals surface area contributed by atoms with E-state index in [2.05, 4.69) is 6.58 Å². The van der Waals surface area contributed by atoms with Gasteiger partial charge in [-0.1, -0.05) is 42.4 Å². The molecule has 4 N–H and O–H groups in total. The highest BCUT2D eigenvalue weighted by atomic mass is 35.5. The van der Waals surface area contributed by atoms with Gasteiger partial charge in [0.25, 0.3) is 0 Å². The Balaban J connectivity index is 2.44. The molecule has 2 aromatic rings. The molecule has 17 heavy (non-hydrogen) atoms. The van der Waals surface area contributed by atoms with Crippen molar-refractivity contribution in [1.29, 1.82) is 0 Å². The Morgan fingerprint density at radius 3 is 2.35 bits per heavy atom. The fraction of sp³-hybridized carbons (Fsp3) is 0. The standard InChI is InChI=1S/C14H13ClN2/c1-9(11-4-2-3-5-12(11)15)10-6-7-13(16)14(17)8-10/h2-8H,1,16-17H2. The molecule has 0 amide bonds. The van der Waals surface area contributed by atoms with Gasteiger partial charge in [0.1, 0.15) is 0 Å². The molecule has 0 spiro atoms.